The van der Waals surface area contributed by atoms with E-state index in [1.807, 2.05) is 7.11 Å². The Hall–Kier alpha value is 0.427. The van der Waals surface area contributed by atoms with Gasteiger partial charge in [-0.05, 0) is 38.4 Å². The molecule has 0 aromatic rings. The summed E-state index contributed by atoms with van der Waals surface area (Å²) >= 11 is 0. The highest BCUT2D eigenvalue weighted by molar-refractivity contribution is 6.71. The average molecular weight is 464 g/mol. The van der Waals surface area contributed by atoms with Crippen molar-refractivity contribution in [1.29, 1.82) is 0 Å². The summed E-state index contributed by atoms with van der Waals surface area (Å²) in [5.74, 6) is 0. The maximum Gasteiger partial charge on any atom is 0.186 e. The van der Waals surface area contributed by atoms with Crippen LogP contribution < -0.4 is 12.4 Å². The maximum absolute atomic E-state index is 5.68. The first-order valence-corrected chi connectivity index (χ1v) is 16.3. The van der Waals surface area contributed by atoms with E-state index in [0.717, 1.165) is 0 Å². The van der Waals surface area contributed by atoms with Gasteiger partial charge in [0.1, 0.15) is 0 Å². The number of quaternary nitrogens is 1. The highest BCUT2D eigenvalue weighted by Gasteiger charge is 2.22. The predicted molar refractivity (Wildman–Crippen MR) is 135 cm³/mol. The normalized spacial score (nSPS) is 12.2. The first kappa shape index (κ1) is 32.6. The second kappa shape index (κ2) is 21.3. The van der Waals surface area contributed by atoms with Gasteiger partial charge in [-0.15, -0.1) is 0 Å². The van der Waals surface area contributed by atoms with Gasteiger partial charge in [-0.25, -0.2) is 0 Å². The van der Waals surface area contributed by atoms with Crippen LogP contribution in [-0.4, -0.2) is 47.1 Å². The molecule has 30 heavy (non-hydrogen) atoms. The standard InChI is InChI=1S/C26H58NOSi.ClH/c1-7-8-9-10-11-12-13-14-15-16-17-18-19-20-21-22-24-27(2,3)25-23-26-29(5,6)28-4;/h7-26H2,1-6H3;1H/q+1;/p-1. The first-order valence-electron chi connectivity index (χ1n) is 13.2. The minimum absolute atomic E-state index is 0. The third-order valence-corrected chi connectivity index (χ3v) is 9.37. The topological polar surface area (TPSA) is 9.23 Å². The molecule has 0 aliphatic rings. The zero-order valence-corrected chi connectivity index (χ0v) is 23.6. The van der Waals surface area contributed by atoms with Crippen LogP contribution in [0.5, 0.6) is 0 Å². The highest BCUT2D eigenvalue weighted by Crippen LogP contribution is 2.16. The Balaban J connectivity index is 0. The molecular formula is C26H58ClNOSi. The fourth-order valence-electron chi connectivity index (χ4n) is 4.23. The summed E-state index contributed by atoms with van der Waals surface area (Å²) in [6.45, 7) is 9.62. The van der Waals surface area contributed by atoms with E-state index in [1.54, 1.807) is 0 Å². The molecular weight excluding hydrogens is 406 g/mol. The molecule has 0 saturated carbocycles. The van der Waals surface area contributed by atoms with Crippen molar-refractivity contribution >= 4 is 8.32 Å². The third kappa shape index (κ3) is 23.1. The monoisotopic (exact) mass is 463 g/mol. The lowest BCUT2D eigenvalue weighted by Crippen LogP contribution is -3.00. The van der Waals surface area contributed by atoms with Crippen molar-refractivity contribution < 1.29 is 21.3 Å². The van der Waals surface area contributed by atoms with E-state index in [1.165, 1.54) is 133 Å². The minimum Gasteiger partial charge on any atom is -1.00 e. The van der Waals surface area contributed by atoms with Crippen molar-refractivity contribution in [3.63, 3.8) is 0 Å². The van der Waals surface area contributed by atoms with Crippen LogP contribution in [0.4, 0.5) is 0 Å². The van der Waals surface area contributed by atoms with E-state index in [9.17, 15) is 0 Å². The van der Waals surface area contributed by atoms with Crippen LogP contribution >= 0.6 is 0 Å². The zero-order chi connectivity index (χ0) is 21.8. The number of unbranched alkanes of at least 4 members (excludes halogenated alkanes) is 15. The molecule has 0 heterocycles. The molecule has 0 aliphatic carbocycles. The number of hydrogen-bond donors (Lipinski definition) is 0. The van der Waals surface area contributed by atoms with E-state index in [4.69, 9.17) is 4.43 Å². The molecule has 184 valence electrons. The van der Waals surface area contributed by atoms with E-state index >= 15 is 0 Å². The molecule has 0 aromatic carbocycles. The Morgan fingerprint density at radius 1 is 0.567 bits per heavy atom. The van der Waals surface area contributed by atoms with E-state index in [-0.39, 0.29) is 12.4 Å². The van der Waals surface area contributed by atoms with Crippen LogP contribution in [0, 0.1) is 0 Å². The molecule has 0 atom stereocenters. The van der Waals surface area contributed by atoms with Crippen LogP contribution in [0.2, 0.25) is 19.1 Å². The number of rotatable bonds is 22. The van der Waals surface area contributed by atoms with Gasteiger partial charge in [0.25, 0.3) is 0 Å². The van der Waals surface area contributed by atoms with E-state index in [2.05, 4.69) is 34.1 Å². The smallest absolute Gasteiger partial charge is 0.186 e. The zero-order valence-electron chi connectivity index (χ0n) is 21.9. The molecule has 0 rings (SSSR count). The Morgan fingerprint density at radius 2 is 0.900 bits per heavy atom. The Labute approximate surface area is 199 Å². The Morgan fingerprint density at radius 3 is 1.27 bits per heavy atom. The summed E-state index contributed by atoms with van der Waals surface area (Å²) in [6, 6.07) is 1.30. The third-order valence-electron chi connectivity index (χ3n) is 6.71. The van der Waals surface area contributed by atoms with Crippen LogP contribution in [0.1, 0.15) is 116 Å². The maximum atomic E-state index is 5.68. The molecule has 0 N–H and O–H groups in total. The number of halogens is 1. The molecule has 0 fully saturated rings. The summed E-state index contributed by atoms with van der Waals surface area (Å²) in [5.41, 5.74) is 0. The number of hydrogen-bond acceptors (Lipinski definition) is 1. The van der Waals surface area contributed by atoms with Gasteiger partial charge in [-0.3, -0.25) is 0 Å². The van der Waals surface area contributed by atoms with Crippen LogP contribution in [0.15, 0.2) is 0 Å². The van der Waals surface area contributed by atoms with Crippen molar-refractivity contribution in [1.82, 2.24) is 0 Å². The lowest BCUT2D eigenvalue weighted by Gasteiger charge is -2.31. The van der Waals surface area contributed by atoms with Crippen molar-refractivity contribution in [2.45, 2.75) is 135 Å². The van der Waals surface area contributed by atoms with Crippen molar-refractivity contribution in [3.8, 4) is 0 Å². The Bertz CT molecular complexity index is 350. The van der Waals surface area contributed by atoms with Crippen molar-refractivity contribution in [3.05, 3.63) is 0 Å². The molecule has 0 aliphatic heterocycles. The largest absolute Gasteiger partial charge is 1.00 e. The molecule has 2 nitrogen and oxygen atoms in total. The molecule has 0 aromatic heterocycles. The van der Waals surface area contributed by atoms with Crippen molar-refractivity contribution in [2.75, 3.05) is 34.3 Å². The molecule has 0 unspecified atom stereocenters. The summed E-state index contributed by atoms with van der Waals surface area (Å²) in [7, 11) is 5.35. The van der Waals surface area contributed by atoms with Crippen LogP contribution in [0.3, 0.4) is 0 Å². The fraction of sp³-hybridized carbons (Fsp3) is 1.00. The van der Waals surface area contributed by atoms with E-state index < -0.39 is 8.32 Å². The van der Waals surface area contributed by atoms with Crippen LogP contribution in [0.25, 0.3) is 0 Å². The lowest BCUT2D eigenvalue weighted by molar-refractivity contribution is -0.890. The van der Waals surface area contributed by atoms with E-state index in [0.29, 0.717) is 0 Å². The highest BCUT2D eigenvalue weighted by atomic mass is 35.5. The molecule has 0 spiro atoms. The van der Waals surface area contributed by atoms with Gasteiger partial charge in [0.15, 0.2) is 8.32 Å². The average Bonchev–Trinajstić information content (AvgIpc) is 2.67. The van der Waals surface area contributed by atoms with Gasteiger partial charge >= 0.3 is 0 Å². The predicted octanol–water partition coefficient (Wildman–Crippen LogP) is 5.57. The summed E-state index contributed by atoms with van der Waals surface area (Å²) in [5, 5.41) is 0. The quantitative estimate of drug-likeness (QED) is 0.116. The molecule has 0 saturated heterocycles. The molecule has 4 heteroatoms. The summed E-state index contributed by atoms with van der Waals surface area (Å²) < 4.78 is 6.87. The summed E-state index contributed by atoms with van der Waals surface area (Å²) in [4.78, 5) is 0. The minimum atomic E-state index is -1.36. The van der Waals surface area contributed by atoms with Gasteiger partial charge in [0.05, 0.1) is 27.2 Å². The van der Waals surface area contributed by atoms with Gasteiger partial charge in [-0.2, -0.15) is 0 Å². The first-order chi connectivity index (χ1) is 13.8. The Kier molecular flexibility index (Phi) is 23.1. The van der Waals surface area contributed by atoms with Crippen molar-refractivity contribution in [2.24, 2.45) is 0 Å². The number of nitrogens with zero attached hydrogens (tertiary/aromatic N) is 1. The fourth-order valence-corrected chi connectivity index (χ4v) is 5.45. The van der Waals surface area contributed by atoms with Gasteiger partial charge in [0, 0.05) is 7.11 Å². The second-order valence-electron chi connectivity index (χ2n) is 10.8. The van der Waals surface area contributed by atoms with Gasteiger partial charge in [0.2, 0.25) is 0 Å². The lowest BCUT2D eigenvalue weighted by atomic mass is 10.0. The SMILES string of the molecule is CCCCCCCCCCCCCCCCCC[N+](C)(C)CCC[Si](C)(C)OC.[Cl-]. The molecule has 0 amide bonds. The second-order valence-corrected chi connectivity index (χ2v) is 15.2. The summed E-state index contributed by atoms with van der Waals surface area (Å²) in [6.07, 6.45) is 24.6. The molecule has 0 radical (unpaired) electrons. The van der Waals surface area contributed by atoms with Crippen LogP contribution in [-0.2, 0) is 4.43 Å². The van der Waals surface area contributed by atoms with Gasteiger partial charge in [-0.1, -0.05) is 96.8 Å². The molecule has 0 bridgehead atoms. The van der Waals surface area contributed by atoms with Gasteiger partial charge < -0.3 is 21.3 Å².